The van der Waals surface area contributed by atoms with Crippen molar-refractivity contribution in [1.82, 2.24) is 9.91 Å². The monoisotopic (exact) mass is 499 g/mol. The topological polar surface area (TPSA) is 115 Å². The molecule has 0 bridgehead atoms. The summed E-state index contributed by atoms with van der Waals surface area (Å²) < 4.78 is 16.7. The largest absolute Gasteiger partial charge is 0.448 e. The molecular formula is C27H37N3O6. The number of nitrogens with zero attached hydrogens (tertiary/aromatic N) is 2. The number of nitrogens with two attached hydrogens (primary N) is 1. The minimum absolute atomic E-state index is 0.0617. The number of morpholine rings is 1. The van der Waals surface area contributed by atoms with Crippen molar-refractivity contribution < 1.29 is 28.9 Å². The molecule has 36 heavy (non-hydrogen) atoms. The van der Waals surface area contributed by atoms with Gasteiger partial charge in [0.2, 0.25) is 5.91 Å². The molecular weight excluding hydrogens is 462 g/mol. The molecule has 3 unspecified atom stereocenters. The van der Waals surface area contributed by atoms with Gasteiger partial charge < -0.3 is 24.2 Å². The molecule has 3 N–H and O–H groups in total. The number of hydrogen-bond donors (Lipinski definition) is 2. The fourth-order valence-electron chi connectivity index (χ4n) is 4.07. The highest BCUT2D eigenvalue weighted by Gasteiger charge is 2.36. The molecule has 0 aromatic heterocycles. The van der Waals surface area contributed by atoms with Crippen LogP contribution in [0.4, 0.5) is 4.79 Å². The summed E-state index contributed by atoms with van der Waals surface area (Å²) in [4.78, 5) is 26.5. The third kappa shape index (κ3) is 8.03. The molecule has 0 spiro atoms. The number of aliphatic hydroxyl groups excluding tert-OH is 1. The Morgan fingerprint density at radius 3 is 2.50 bits per heavy atom. The zero-order valence-electron chi connectivity index (χ0n) is 20.8. The molecule has 0 saturated carbocycles. The predicted molar refractivity (Wildman–Crippen MR) is 135 cm³/mol. The van der Waals surface area contributed by atoms with E-state index in [1.807, 2.05) is 67.6 Å². The van der Waals surface area contributed by atoms with E-state index in [0.717, 1.165) is 29.0 Å². The summed E-state index contributed by atoms with van der Waals surface area (Å²) in [6.45, 7) is 3.87. The molecule has 0 radical (unpaired) electrons. The predicted octanol–water partition coefficient (Wildman–Crippen LogP) is 2.69. The highest BCUT2D eigenvalue weighted by molar-refractivity contribution is 5.77. The van der Waals surface area contributed by atoms with E-state index in [2.05, 4.69) is 0 Å². The Morgan fingerprint density at radius 2 is 1.83 bits per heavy atom. The summed E-state index contributed by atoms with van der Waals surface area (Å²) in [5, 5.41) is 12.6. The number of carbonyl (C=O) groups excluding carboxylic acids is 2. The number of unbranched alkanes of at least 4 members (excludes halogenated alkanes) is 1. The van der Waals surface area contributed by atoms with E-state index in [1.165, 1.54) is 0 Å². The average molecular weight is 500 g/mol. The highest BCUT2D eigenvalue weighted by Crippen LogP contribution is 2.27. The van der Waals surface area contributed by atoms with Crippen molar-refractivity contribution in [2.24, 2.45) is 5.84 Å². The van der Waals surface area contributed by atoms with Crippen LogP contribution in [0.25, 0.3) is 0 Å². The van der Waals surface area contributed by atoms with Gasteiger partial charge in [-0.15, -0.1) is 0 Å². The fraction of sp³-hybridized carbons (Fsp3) is 0.481. The number of hydrazine groups is 1. The van der Waals surface area contributed by atoms with Crippen molar-refractivity contribution in [2.75, 3.05) is 39.5 Å². The van der Waals surface area contributed by atoms with Crippen LogP contribution in [-0.4, -0.2) is 78.7 Å². The number of hydrogen-bond acceptors (Lipinski definition) is 7. The zero-order chi connectivity index (χ0) is 25.8. The number of rotatable bonds is 13. The molecule has 0 aliphatic carbocycles. The normalized spacial score (nSPS) is 16.3. The second-order valence-electron chi connectivity index (χ2n) is 8.76. The fourth-order valence-corrected chi connectivity index (χ4v) is 4.07. The van der Waals surface area contributed by atoms with Crippen LogP contribution >= 0.6 is 0 Å². The lowest BCUT2D eigenvalue weighted by atomic mass is 9.93. The van der Waals surface area contributed by atoms with Crippen molar-refractivity contribution >= 4 is 12.0 Å². The van der Waals surface area contributed by atoms with Crippen LogP contribution in [0.15, 0.2) is 60.7 Å². The number of aliphatic hydroxyl groups is 1. The van der Waals surface area contributed by atoms with Gasteiger partial charge in [0.05, 0.1) is 25.9 Å². The van der Waals surface area contributed by atoms with Gasteiger partial charge >= 0.3 is 6.09 Å². The minimum atomic E-state index is -1.17. The Morgan fingerprint density at radius 1 is 1.14 bits per heavy atom. The van der Waals surface area contributed by atoms with Crippen LogP contribution in [0.2, 0.25) is 0 Å². The van der Waals surface area contributed by atoms with E-state index in [9.17, 15) is 14.7 Å². The van der Waals surface area contributed by atoms with Crippen molar-refractivity contribution in [3.63, 3.8) is 0 Å². The van der Waals surface area contributed by atoms with Gasteiger partial charge in [-0.05, 0) is 24.0 Å². The molecule has 9 nitrogen and oxygen atoms in total. The molecule has 1 heterocycles. The Bertz CT molecular complexity index is 930. The van der Waals surface area contributed by atoms with E-state index < -0.39 is 24.3 Å². The van der Waals surface area contributed by atoms with Crippen LogP contribution in [0, 0.1) is 0 Å². The summed E-state index contributed by atoms with van der Waals surface area (Å²) in [6, 6.07) is 18.0. The maximum absolute atomic E-state index is 12.7. The maximum Gasteiger partial charge on any atom is 0.424 e. The first-order valence-corrected chi connectivity index (χ1v) is 12.5. The van der Waals surface area contributed by atoms with Crippen molar-refractivity contribution in [3.05, 3.63) is 71.8 Å². The van der Waals surface area contributed by atoms with Crippen LogP contribution in [0.3, 0.4) is 0 Å². The molecule has 196 valence electrons. The van der Waals surface area contributed by atoms with E-state index >= 15 is 0 Å². The molecule has 1 aliphatic heterocycles. The first kappa shape index (κ1) is 27.6. The maximum atomic E-state index is 12.7. The van der Waals surface area contributed by atoms with E-state index in [-0.39, 0.29) is 25.7 Å². The minimum Gasteiger partial charge on any atom is -0.448 e. The summed E-state index contributed by atoms with van der Waals surface area (Å²) >= 11 is 0. The van der Waals surface area contributed by atoms with Gasteiger partial charge in [-0.25, -0.2) is 15.6 Å². The molecule has 1 saturated heterocycles. The van der Waals surface area contributed by atoms with E-state index in [4.69, 9.17) is 20.1 Å². The van der Waals surface area contributed by atoms with Gasteiger partial charge in [-0.1, -0.05) is 74.0 Å². The number of benzene rings is 2. The SMILES string of the molecule is CCCCOC(=O)N(N)C(Cc1ccccc1)C(O)C(OCCN1CCOCC1=O)c1ccccc1. The molecule has 3 atom stereocenters. The van der Waals surface area contributed by atoms with Gasteiger partial charge in [0.15, 0.2) is 0 Å². The number of carbonyl (C=O) groups is 2. The summed E-state index contributed by atoms with van der Waals surface area (Å²) in [5.74, 6) is 6.16. The molecule has 2 amide bonds. The van der Waals surface area contributed by atoms with Crippen molar-refractivity contribution in [1.29, 1.82) is 0 Å². The average Bonchev–Trinajstić information content (AvgIpc) is 2.91. The zero-order valence-corrected chi connectivity index (χ0v) is 20.8. The quantitative estimate of drug-likeness (QED) is 0.188. The lowest BCUT2D eigenvalue weighted by molar-refractivity contribution is -0.144. The van der Waals surface area contributed by atoms with Crippen LogP contribution in [0.5, 0.6) is 0 Å². The molecule has 9 heteroatoms. The smallest absolute Gasteiger partial charge is 0.424 e. The third-order valence-electron chi connectivity index (χ3n) is 6.15. The van der Waals surface area contributed by atoms with Crippen molar-refractivity contribution in [2.45, 2.75) is 44.4 Å². The highest BCUT2D eigenvalue weighted by atomic mass is 16.6. The lowest BCUT2D eigenvalue weighted by Gasteiger charge is -2.35. The lowest BCUT2D eigenvalue weighted by Crippen LogP contribution is -2.54. The first-order valence-electron chi connectivity index (χ1n) is 12.5. The third-order valence-corrected chi connectivity index (χ3v) is 6.15. The molecule has 2 aromatic rings. The number of amides is 2. The second-order valence-corrected chi connectivity index (χ2v) is 8.76. The van der Waals surface area contributed by atoms with Crippen LogP contribution < -0.4 is 5.84 Å². The van der Waals surface area contributed by atoms with Gasteiger partial charge in [0.1, 0.15) is 18.8 Å². The standard InChI is InChI=1S/C27H37N3O6/c1-2-3-16-36-27(33)30(28)23(19-21-10-6-4-7-11-21)25(32)26(22-12-8-5-9-13-22)35-18-15-29-14-17-34-20-24(29)31/h4-13,23,25-26,32H,2-3,14-20,28H2,1H3. The van der Waals surface area contributed by atoms with E-state index in [1.54, 1.807) is 4.90 Å². The molecule has 1 fully saturated rings. The second kappa shape index (κ2) is 14.5. The van der Waals surface area contributed by atoms with Gasteiger partial charge in [0.25, 0.3) is 0 Å². The Balaban J connectivity index is 1.79. The molecule has 3 rings (SSSR count). The van der Waals surface area contributed by atoms with Crippen molar-refractivity contribution in [3.8, 4) is 0 Å². The number of ether oxygens (including phenoxy) is 3. The van der Waals surface area contributed by atoms with Crippen LogP contribution in [-0.2, 0) is 25.4 Å². The first-order chi connectivity index (χ1) is 17.5. The summed E-state index contributed by atoms with van der Waals surface area (Å²) in [5.41, 5.74) is 1.65. The van der Waals surface area contributed by atoms with Crippen LogP contribution in [0.1, 0.15) is 37.0 Å². The summed E-state index contributed by atoms with van der Waals surface area (Å²) in [7, 11) is 0. The van der Waals surface area contributed by atoms with Gasteiger partial charge in [0, 0.05) is 13.1 Å². The summed E-state index contributed by atoms with van der Waals surface area (Å²) in [6.07, 6.45) is -0.752. The molecule has 2 aromatic carbocycles. The Hall–Kier alpha value is -2.98. The Kier molecular flexibility index (Phi) is 11.2. The van der Waals surface area contributed by atoms with E-state index in [0.29, 0.717) is 26.1 Å². The van der Waals surface area contributed by atoms with Gasteiger partial charge in [-0.3, -0.25) is 4.79 Å². The van der Waals surface area contributed by atoms with Gasteiger partial charge in [-0.2, -0.15) is 0 Å². The Labute approximate surface area is 212 Å². The molecule has 1 aliphatic rings.